The molecule has 140 valence electrons. The number of nitrogens with zero attached hydrogens (tertiary/aromatic N) is 2. The highest BCUT2D eigenvalue weighted by molar-refractivity contribution is 6.05. The summed E-state index contributed by atoms with van der Waals surface area (Å²) in [6.45, 7) is 0. The summed E-state index contributed by atoms with van der Waals surface area (Å²) in [6, 6.07) is 9.02. The van der Waals surface area contributed by atoms with Gasteiger partial charge in [-0.3, -0.25) is 4.79 Å². The zero-order valence-electron chi connectivity index (χ0n) is 15.2. The zero-order chi connectivity index (χ0) is 19.2. The third kappa shape index (κ3) is 4.38. The van der Waals surface area contributed by atoms with Crippen molar-refractivity contribution >= 4 is 23.4 Å². The highest BCUT2D eigenvalue weighted by atomic mass is 16.2. The topological polar surface area (TPSA) is 114 Å². The summed E-state index contributed by atoms with van der Waals surface area (Å²) >= 11 is 0. The molecule has 0 aliphatic heterocycles. The van der Waals surface area contributed by atoms with Crippen molar-refractivity contribution in [2.45, 2.75) is 31.2 Å². The lowest BCUT2D eigenvalue weighted by Crippen LogP contribution is -2.37. The number of amides is 1. The number of hydrogen-bond acceptors (Lipinski definition) is 5. The Labute approximate surface area is 157 Å². The quantitative estimate of drug-likeness (QED) is 0.578. The molecule has 1 saturated carbocycles. The molecular formula is C20H23N5O2. The molecule has 1 amide bonds. The van der Waals surface area contributed by atoms with Crippen molar-refractivity contribution in [2.24, 2.45) is 5.73 Å². The Balaban J connectivity index is 0.00000102. The molecule has 2 heterocycles. The van der Waals surface area contributed by atoms with Crippen LogP contribution in [0, 0.1) is 0 Å². The third-order valence-corrected chi connectivity index (χ3v) is 4.42. The van der Waals surface area contributed by atoms with Crippen LogP contribution in [-0.2, 0) is 11.2 Å². The highest BCUT2D eigenvalue weighted by Crippen LogP contribution is 2.39. The number of carbonyl (C=O) groups excluding carboxylic acids is 2. The number of aldehydes is 1. The SMILES string of the molecule is CN.O=C[C@@H](Cc1ccccc1)NC(=O)c1c[nH]c2ncc(C3CC3)nc12. The first-order valence-corrected chi connectivity index (χ1v) is 8.96. The number of hydrogen-bond donors (Lipinski definition) is 3. The van der Waals surface area contributed by atoms with Crippen LogP contribution in [0.4, 0.5) is 0 Å². The van der Waals surface area contributed by atoms with Crippen LogP contribution in [0.5, 0.6) is 0 Å². The van der Waals surface area contributed by atoms with E-state index < -0.39 is 6.04 Å². The zero-order valence-corrected chi connectivity index (χ0v) is 15.2. The van der Waals surface area contributed by atoms with Gasteiger partial charge in [-0.05, 0) is 31.9 Å². The summed E-state index contributed by atoms with van der Waals surface area (Å²) < 4.78 is 0. The lowest BCUT2D eigenvalue weighted by molar-refractivity contribution is -0.109. The summed E-state index contributed by atoms with van der Waals surface area (Å²) in [4.78, 5) is 35.9. The van der Waals surface area contributed by atoms with Crippen molar-refractivity contribution in [3.05, 3.63) is 59.5 Å². The van der Waals surface area contributed by atoms with Crippen LogP contribution in [0.15, 0.2) is 42.7 Å². The van der Waals surface area contributed by atoms with E-state index in [9.17, 15) is 9.59 Å². The summed E-state index contributed by atoms with van der Waals surface area (Å²) in [7, 11) is 1.50. The maximum Gasteiger partial charge on any atom is 0.255 e. The maximum atomic E-state index is 12.6. The number of nitrogens with two attached hydrogens (primary N) is 1. The van der Waals surface area contributed by atoms with Crippen LogP contribution in [0.1, 0.15) is 40.4 Å². The van der Waals surface area contributed by atoms with E-state index in [0.29, 0.717) is 29.1 Å². The van der Waals surface area contributed by atoms with Gasteiger partial charge in [0, 0.05) is 12.1 Å². The number of benzene rings is 1. The van der Waals surface area contributed by atoms with Crippen LogP contribution < -0.4 is 11.1 Å². The van der Waals surface area contributed by atoms with Gasteiger partial charge < -0.3 is 20.8 Å². The molecule has 7 nitrogen and oxygen atoms in total. The first kappa shape index (κ1) is 18.7. The van der Waals surface area contributed by atoms with Gasteiger partial charge in [-0.2, -0.15) is 0 Å². The van der Waals surface area contributed by atoms with E-state index in [1.165, 1.54) is 7.05 Å². The normalized spacial score (nSPS) is 14.1. The Kier molecular flexibility index (Phi) is 5.93. The molecule has 1 aromatic carbocycles. The molecule has 0 radical (unpaired) electrons. The molecule has 27 heavy (non-hydrogen) atoms. The summed E-state index contributed by atoms with van der Waals surface area (Å²) in [5.74, 6) is 0.144. The molecule has 1 aliphatic carbocycles. The molecule has 1 aliphatic rings. The fraction of sp³-hybridized carbons (Fsp3) is 0.300. The minimum absolute atomic E-state index is 0.318. The summed E-state index contributed by atoms with van der Waals surface area (Å²) in [5.41, 5.74) is 7.99. The minimum atomic E-state index is -0.584. The van der Waals surface area contributed by atoms with E-state index >= 15 is 0 Å². The second-order valence-corrected chi connectivity index (χ2v) is 6.37. The largest absolute Gasteiger partial charge is 0.344 e. The molecule has 4 rings (SSSR count). The molecule has 0 bridgehead atoms. The van der Waals surface area contributed by atoms with Gasteiger partial charge in [0.25, 0.3) is 5.91 Å². The fourth-order valence-electron chi connectivity index (χ4n) is 2.90. The van der Waals surface area contributed by atoms with Gasteiger partial charge in [-0.15, -0.1) is 0 Å². The molecule has 7 heteroatoms. The van der Waals surface area contributed by atoms with Gasteiger partial charge in [0.05, 0.1) is 23.5 Å². The van der Waals surface area contributed by atoms with Crippen molar-refractivity contribution in [2.75, 3.05) is 7.05 Å². The van der Waals surface area contributed by atoms with Crippen LogP contribution in [0.2, 0.25) is 0 Å². The Hall–Kier alpha value is -3.06. The van der Waals surface area contributed by atoms with Crippen molar-refractivity contribution in [3.8, 4) is 0 Å². The average Bonchev–Trinajstić information content (AvgIpc) is 3.48. The van der Waals surface area contributed by atoms with Gasteiger partial charge in [-0.1, -0.05) is 30.3 Å². The Morgan fingerprint density at radius 1 is 1.33 bits per heavy atom. The number of H-pyrrole nitrogens is 1. The standard InChI is InChI=1S/C19H18N4O2.CH5N/c24-11-14(8-12-4-2-1-3-5-12)22-19(25)15-9-20-18-17(15)23-16(10-21-18)13-6-7-13;1-2/h1-5,9-11,13-14H,6-8H2,(H,20,21)(H,22,25);2H2,1H3/t14-;/m1./s1. The molecular weight excluding hydrogens is 342 g/mol. The lowest BCUT2D eigenvalue weighted by Gasteiger charge is -2.12. The number of aromatic amines is 1. The van der Waals surface area contributed by atoms with E-state index in [2.05, 4.69) is 26.0 Å². The monoisotopic (exact) mass is 365 g/mol. The minimum Gasteiger partial charge on any atom is -0.344 e. The second kappa shape index (κ2) is 8.55. The molecule has 0 unspecified atom stereocenters. The van der Waals surface area contributed by atoms with Crippen LogP contribution in [-0.4, -0.2) is 40.2 Å². The molecule has 1 fully saturated rings. The Morgan fingerprint density at radius 3 is 2.74 bits per heavy atom. The molecule has 3 aromatic rings. The van der Waals surface area contributed by atoms with E-state index in [1.54, 1.807) is 12.4 Å². The number of fused-ring (bicyclic) bond motifs is 1. The molecule has 1 atom stereocenters. The molecule has 0 spiro atoms. The summed E-state index contributed by atoms with van der Waals surface area (Å²) in [6.07, 6.45) is 6.83. The Bertz CT molecular complexity index is 919. The van der Waals surface area contributed by atoms with Gasteiger partial charge in [0.2, 0.25) is 0 Å². The second-order valence-electron chi connectivity index (χ2n) is 6.37. The maximum absolute atomic E-state index is 12.6. The van der Waals surface area contributed by atoms with Crippen molar-refractivity contribution in [1.29, 1.82) is 0 Å². The summed E-state index contributed by atoms with van der Waals surface area (Å²) in [5, 5.41) is 2.78. The molecule has 0 saturated heterocycles. The van der Waals surface area contributed by atoms with Crippen molar-refractivity contribution < 1.29 is 9.59 Å². The number of carbonyl (C=O) groups is 2. The van der Waals surface area contributed by atoms with Gasteiger partial charge >= 0.3 is 0 Å². The van der Waals surface area contributed by atoms with E-state index in [-0.39, 0.29) is 5.91 Å². The first-order valence-electron chi connectivity index (χ1n) is 8.96. The smallest absolute Gasteiger partial charge is 0.255 e. The van der Waals surface area contributed by atoms with Crippen LogP contribution >= 0.6 is 0 Å². The average molecular weight is 365 g/mol. The molecule has 4 N–H and O–H groups in total. The fourth-order valence-corrected chi connectivity index (χ4v) is 2.90. The predicted molar refractivity (Wildman–Crippen MR) is 103 cm³/mol. The van der Waals surface area contributed by atoms with Gasteiger partial charge in [0.15, 0.2) is 5.65 Å². The predicted octanol–water partition coefficient (Wildman–Crippen LogP) is 1.95. The number of rotatable bonds is 6. The molecule has 2 aromatic heterocycles. The number of aromatic nitrogens is 3. The first-order chi connectivity index (χ1) is 13.2. The highest BCUT2D eigenvalue weighted by Gasteiger charge is 2.26. The third-order valence-electron chi connectivity index (χ3n) is 4.42. The van der Waals surface area contributed by atoms with E-state index in [0.717, 1.165) is 30.4 Å². The lowest BCUT2D eigenvalue weighted by atomic mass is 10.1. The van der Waals surface area contributed by atoms with E-state index in [1.807, 2.05) is 30.3 Å². The van der Waals surface area contributed by atoms with Gasteiger partial charge in [0.1, 0.15) is 11.8 Å². The van der Waals surface area contributed by atoms with Crippen LogP contribution in [0.25, 0.3) is 11.2 Å². The van der Waals surface area contributed by atoms with Crippen molar-refractivity contribution in [1.82, 2.24) is 20.3 Å². The van der Waals surface area contributed by atoms with E-state index in [4.69, 9.17) is 0 Å². The van der Waals surface area contributed by atoms with Crippen molar-refractivity contribution in [3.63, 3.8) is 0 Å². The van der Waals surface area contributed by atoms with Crippen LogP contribution in [0.3, 0.4) is 0 Å². The Morgan fingerprint density at radius 2 is 2.07 bits per heavy atom. The number of nitrogens with one attached hydrogen (secondary N) is 2. The van der Waals surface area contributed by atoms with Gasteiger partial charge in [-0.25, -0.2) is 9.97 Å².